The zero-order valence-electron chi connectivity index (χ0n) is 10.0. The van der Waals surface area contributed by atoms with Gasteiger partial charge in [0.25, 0.3) is 0 Å². The van der Waals surface area contributed by atoms with Crippen LogP contribution in [0.15, 0.2) is 6.20 Å². The summed E-state index contributed by atoms with van der Waals surface area (Å²) in [5.41, 5.74) is 0. The first-order valence-electron chi connectivity index (χ1n) is 5.94. The molecule has 1 rings (SSSR count). The molecule has 0 fully saturated rings. The van der Waals surface area contributed by atoms with Crippen LogP contribution in [0.1, 0.15) is 43.5 Å². The van der Waals surface area contributed by atoms with Crippen LogP contribution in [0.25, 0.3) is 0 Å². The molecule has 0 atom stereocenters. The van der Waals surface area contributed by atoms with E-state index in [0.29, 0.717) is 0 Å². The average molecular weight is 226 g/mol. The Morgan fingerprint density at radius 3 is 2.60 bits per heavy atom. The van der Waals surface area contributed by atoms with Gasteiger partial charge in [0.2, 0.25) is 0 Å². The van der Waals surface area contributed by atoms with Gasteiger partial charge in [-0.25, -0.2) is 4.98 Å². The maximum atomic E-state index is 4.35. The highest BCUT2D eigenvalue weighted by molar-refractivity contribution is 7.11. The van der Waals surface area contributed by atoms with E-state index in [0.717, 1.165) is 25.4 Å². The molecule has 0 amide bonds. The molecule has 1 aromatic rings. The number of aryl methyl sites for hydroxylation is 1. The average Bonchev–Trinajstić information content (AvgIpc) is 2.72. The molecule has 0 spiro atoms. The maximum absolute atomic E-state index is 4.35. The van der Waals surface area contributed by atoms with Crippen molar-refractivity contribution in [1.29, 1.82) is 0 Å². The zero-order valence-corrected chi connectivity index (χ0v) is 10.9. The first kappa shape index (κ1) is 12.7. The van der Waals surface area contributed by atoms with E-state index in [2.05, 4.69) is 31.1 Å². The predicted molar refractivity (Wildman–Crippen MR) is 67.3 cm³/mol. The van der Waals surface area contributed by atoms with E-state index in [1.165, 1.54) is 22.7 Å². The molecule has 2 nitrogen and oxygen atoms in total. The van der Waals surface area contributed by atoms with E-state index < -0.39 is 0 Å². The second-order valence-electron chi connectivity index (χ2n) is 3.89. The van der Waals surface area contributed by atoms with Gasteiger partial charge in [0.05, 0.1) is 5.01 Å². The number of thiazole rings is 1. The van der Waals surface area contributed by atoms with Crippen molar-refractivity contribution in [2.45, 2.75) is 46.6 Å². The Morgan fingerprint density at radius 2 is 2.07 bits per heavy atom. The number of nitrogens with one attached hydrogen (secondary N) is 1. The van der Waals surface area contributed by atoms with E-state index in [1.54, 1.807) is 0 Å². The summed E-state index contributed by atoms with van der Waals surface area (Å²) in [6, 6.07) is 0. The van der Waals surface area contributed by atoms with E-state index in [-0.39, 0.29) is 0 Å². The van der Waals surface area contributed by atoms with Crippen molar-refractivity contribution in [2.75, 3.05) is 6.54 Å². The number of aromatic nitrogens is 1. The van der Waals surface area contributed by atoms with Gasteiger partial charge in [0.15, 0.2) is 0 Å². The molecule has 0 aliphatic heterocycles. The first-order valence-corrected chi connectivity index (χ1v) is 6.76. The summed E-state index contributed by atoms with van der Waals surface area (Å²) in [5.74, 6) is 0.823. The molecule has 0 bridgehead atoms. The molecule has 0 aromatic carbocycles. The van der Waals surface area contributed by atoms with Crippen molar-refractivity contribution < 1.29 is 0 Å². The van der Waals surface area contributed by atoms with Gasteiger partial charge in [-0.2, -0.15) is 0 Å². The van der Waals surface area contributed by atoms with Gasteiger partial charge >= 0.3 is 0 Å². The molecule has 1 aromatic heterocycles. The fourth-order valence-electron chi connectivity index (χ4n) is 1.57. The number of hydrogen-bond donors (Lipinski definition) is 1. The Hall–Kier alpha value is -0.410. The molecule has 0 aliphatic rings. The van der Waals surface area contributed by atoms with Gasteiger partial charge in [0, 0.05) is 17.6 Å². The van der Waals surface area contributed by atoms with Crippen LogP contribution in [0.2, 0.25) is 0 Å². The van der Waals surface area contributed by atoms with Crippen molar-refractivity contribution in [3.05, 3.63) is 16.1 Å². The zero-order chi connectivity index (χ0) is 11.1. The maximum Gasteiger partial charge on any atom is 0.0925 e. The van der Waals surface area contributed by atoms with Crippen LogP contribution in [0.3, 0.4) is 0 Å². The lowest BCUT2D eigenvalue weighted by Gasteiger charge is -2.12. The molecule has 0 radical (unpaired) electrons. The highest BCUT2D eigenvalue weighted by Crippen LogP contribution is 2.13. The molecule has 0 saturated heterocycles. The molecular weight excluding hydrogens is 204 g/mol. The third-order valence-corrected chi connectivity index (χ3v) is 3.93. The fraction of sp³-hybridized carbons (Fsp3) is 0.750. The number of rotatable bonds is 7. The van der Waals surface area contributed by atoms with E-state index in [1.807, 2.05) is 17.5 Å². The monoisotopic (exact) mass is 226 g/mol. The second-order valence-corrected chi connectivity index (χ2v) is 5.09. The third kappa shape index (κ3) is 4.31. The number of hydrogen-bond acceptors (Lipinski definition) is 3. The molecular formula is C12H22N2S. The van der Waals surface area contributed by atoms with E-state index in [9.17, 15) is 0 Å². The van der Waals surface area contributed by atoms with Crippen LogP contribution >= 0.6 is 11.3 Å². The summed E-state index contributed by atoms with van der Waals surface area (Å²) in [5, 5.41) is 4.76. The van der Waals surface area contributed by atoms with Crippen LogP contribution in [0.4, 0.5) is 0 Å². The summed E-state index contributed by atoms with van der Waals surface area (Å²) >= 11 is 1.83. The number of nitrogens with zero attached hydrogens (tertiary/aromatic N) is 1. The molecule has 86 valence electrons. The standard InChI is InChI=1S/C12H22N2S/c1-4-10(5-2)7-13-8-11-9-14-12(6-3)15-11/h9-10,13H,4-8H2,1-3H3. The molecule has 0 aliphatic carbocycles. The Bertz CT molecular complexity index is 266. The highest BCUT2D eigenvalue weighted by Gasteiger charge is 2.03. The Labute approximate surface area is 97.1 Å². The predicted octanol–water partition coefficient (Wildman–Crippen LogP) is 3.23. The van der Waals surface area contributed by atoms with Crippen LogP contribution in [-0.4, -0.2) is 11.5 Å². The molecule has 3 heteroatoms. The lowest BCUT2D eigenvalue weighted by molar-refractivity contribution is 0.450. The van der Waals surface area contributed by atoms with Gasteiger partial charge < -0.3 is 5.32 Å². The lowest BCUT2D eigenvalue weighted by atomic mass is 10.0. The third-order valence-electron chi connectivity index (χ3n) is 2.79. The first-order chi connectivity index (χ1) is 7.30. The fourth-order valence-corrected chi connectivity index (χ4v) is 2.40. The molecule has 0 saturated carbocycles. The van der Waals surface area contributed by atoms with Crippen molar-refractivity contribution in [2.24, 2.45) is 5.92 Å². The van der Waals surface area contributed by atoms with E-state index in [4.69, 9.17) is 0 Å². The van der Waals surface area contributed by atoms with Gasteiger partial charge in [-0.05, 0) is 18.9 Å². The van der Waals surface area contributed by atoms with Crippen molar-refractivity contribution in [3.63, 3.8) is 0 Å². The lowest BCUT2D eigenvalue weighted by Crippen LogP contribution is -2.21. The molecule has 1 heterocycles. The quantitative estimate of drug-likeness (QED) is 0.772. The van der Waals surface area contributed by atoms with Crippen molar-refractivity contribution in [3.8, 4) is 0 Å². The summed E-state index contributed by atoms with van der Waals surface area (Å²) in [7, 11) is 0. The summed E-state index contributed by atoms with van der Waals surface area (Å²) in [4.78, 5) is 5.71. The smallest absolute Gasteiger partial charge is 0.0925 e. The molecule has 15 heavy (non-hydrogen) atoms. The van der Waals surface area contributed by atoms with Gasteiger partial charge in [0.1, 0.15) is 0 Å². The van der Waals surface area contributed by atoms with Crippen molar-refractivity contribution in [1.82, 2.24) is 10.3 Å². The Kier molecular flexibility index (Phi) is 5.88. The molecule has 0 unspecified atom stereocenters. The van der Waals surface area contributed by atoms with Gasteiger partial charge in [-0.15, -0.1) is 11.3 Å². The van der Waals surface area contributed by atoms with Crippen LogP contribution in [0, 0.1) is 5.92 Å². The highest BCUT2D eigenvalue weighted by atomic mass is 32.1. The van der Waals surface area contributed by atoms with Gasteiger partial charge in [-0.3, -0.25) is 0 Å². The normalized spacial score (nSPS) is 11.2. The largest absolute Gasteiger partial charge is 0.312 e. The minimum atomic E-state index is 0.823. The summed E-state index contributed by atoms with van der Waals surface area (Å²) in [6.45, 7) is 8.79. The van der Waals surface area contributed by atoms with E-state index >= 15 is 0 Å². The van der Waals surface area contributed by atoms with Crippen LogP contribution in [0.5, 0.6) is 0 Å². The SMILES string of the molecule is CCc1ncc(CNCC(CC)CC)s1. The summed E-state index contributed by atoms with van der Waals surface area (Å²) < 4.78 is 0. The van der Waals surface area contributed by atoms with Crippen molar-refractivity contribution >= 4 is 11.3 Å². The molecule has 1 N–H and O–H groups in total. The summed E-state index contributed by atoms with van der Waals surface area (Å²) in [6.07, 6.45) is 5.60. The minimum absolute atomic E-state index is 0.823. The Balaban J connectivity index is 2.25. The van der Waals surface area contributed by atoms with Crippen LogP contribution < -0.4 is 5.32 Å². The van der Waals surface area contributed by atoms with Gasteiger partial charge in [-0.1, -0.05) is 33.6 Å². The Morgan fingerprint density at radius 1 is 1.33 bits per heavy atom. The van der Waals surface area contributed by atoms with Crippen LogP contribution in [-0.2, 0) is 13.0 Å². The second kappa shape index (κ2) is 6.96. The topological polar surface area (TPSA) is 24.9 Å². The minimum Gasteiger partial charge on any atom is -0.312 e.